The molecule has 0 spiro atoms. The van der Waals surface area contributed by atoms with Crippen LogP contribution in [0.25, 0.3) is 0 Å². The number of fused-ring (bicyclic) bond motifs is 9. The summed E-state index contributed by atoms with van der Waals surface area (Å²) in [5.41, 5.74) is 22.1. The van der Waals surface area contributed by atoms with E-state index in [4.69, 9.17) is 22.9 Å². The number of amides is 12. The number of hydrogen-bond acceptors (Lipinski definition) is 20. The summed E-state index contributed by atoms with van der Waals surface area (Å²) in [6.07, 6.45) is -0.431. The number of carboxylic acid groups (broad SMARTS) is 1. The molecule has 82 heavy (non-hydrogen) atoms. The molecule has 3 aliphatic heterocycles. The van der Waals surface area contributed by atoms with Crippen LogP contribution in [0.4, 0.5) is 0 Å². The average molecular weight is 1240 g/mol. The van der Waals surface area contributed by atoms with Gasteiger partial charge in [-0.3, -0.25) is 62.5 Å². The first kappa shape index (κ1) is 70.0. The van der Waals surface area contributed by atoms with Crippen LogP contribution in [0.15, 0.2) is 4.99 Å². The number of hydrogen-bond donors (Lipinski definition) is 16. The average Bonchev–Trinajstić information content (AvgIpc) is 4.03. The highest BCUT2D eigenvalue weighted by Crippen LogP contribution is 2.26. The SMILES string of the molecule is CC(C)C[C@@H]1NC(=O)[C@H](C)NC(=O)[C@@H]2CSSC[C@H](NC(=O)CN)C(=O)N[C@@H](CSSC[C@@H](C(=O)O)NC(=O)[C@H](CC(N)=O)NC1=O)C(=O)N[C@@H](CO)C(=O)N[C@@H](CC(C)C)C(=O)N1CCC[C@H]1C(=O)N[C@@H](CCCN=C(N)N)C(=O)N2. The maximum Gasteiger partial charge on any atom is 0.327 e. The van der Waals surface area contributed by atoms with Crippen molar-refractivity contribution in [3.8, 4) is 0 Å². The molecule has 31 nitrogen and oxygen atoms in total. The molecule has 3 aliphatic rings. The molecule has 3 heterocycles. The van der Waals surface area contributed by atoms with Gasteiger partial charge in [0, 0.05) is 36.1 Å². The fourth-order valence-corrected chi connectivity index (χ4v) is 12.9. The lowest BCUT2D eigenvalue weighted by molar-refractivity contribution is -0.143. The zero-order valence-electron chi connectivity index (χ0n) is 46.2. The maximum absolute atomic E-state index is 14.5. The summed E-state index contributed by atoms with van der Waals surface area (Å²) in [4.78, 5) is 184. The van der Waals surface area contributed by atoms with Crippen LogP contribution < -0.4 is 76.1 Å². The Balaban J connectivity index is 2.30. The maximum atomic E-state index is 14.5. The van der Waals surface area contributed by atoms with Crippen molar-refractivity contribution >= 4 is 126 Å². The number of aliphatic imine (C=N–C) groups is 1. The van der Waals surface area contributed by atoms with Gasteiger partial charge in [0.05, 0.1) is 19.6 Å². The number of nitrogens with zero attached hydrogens (tertiary/aromatic N) is 2. The molecule has 3 saturated heterocycles. The molecule has 2 bridgehead atoms. The molecule has 3 fully saturated rings. The van der Waals surface area contributed by atoms with Crippen molar-refractivity contribution < 1.29 is 72.5 Å². The number of rotatable bonds is 14. The van der Waals surface area contributed by atoms with Crippen LogP contribution in [0.2, 0.25) is 0 Å². The second-order valence-corrected chi connectivity index (χ2v) is 25.4. The minimum absolute atomic E-state index is 0.00107. The van der Waals surface area contributed by atoms with E-state index in [2.05, 4.69) is 58.2 Å². The Hall–Kier alpha value is -6.30. The van der Waals surface area contributed by atoms with Gasteiger partial charge in [-0.05, 0) is 57.3 Å². The highest BCUT2D eigenvalue weighted by Gasteiger charge is 2.41. The fraction of sp³-hybridized carbons (Fsp3) is 0.702. The lowest BCUT2D eigenvalue weighted by Crippen LogP contribution is -2.61. The topological polar surface area (TPSA) is 502 Å². The third kappa shape index (κ3) is 23.5. The molecule has 12 amide bonds. The smallest absolute Gasteiger partial charge is 0.327 e. The summed E-state index contributed by atoms with van der Waals surface area (Å²) in [5.74, 6) is -15.3. The number of guanidine groups is 1. The third-order valence-corrected chi connectivity index (χ3v) is 17.4. The number of carboxylic acids is 1. The largest absolute Gasteiger partial charge is 0.480 e. The number of aliphatic carboxylic acids is 1. The fourth-order valence-electron chi connectivity index (χ4n) is 8.30. The summed E-state index contributed by atoms with van der Waals surface area (Å²) >= 11 is 0. The first-order valence-electron chi connectivity index (χ1n) is 26.3. The summed E-state index contributed by atoms with van der Waals surface area (Å²) in [5, 5.41) is 45.6. The Morgan fingerprint density at radius 3 is 1.73 bits per heavy atom. The van der Waals surface area contributed by atoms with Gasteiger partial charge in [-0.25, -0.2) is 4.79 Å². The molecule has 0 saturated carbocycles. The zero-order chi connectivity index (χ0) is 61.4. The number of aliphatic hydroxyl groups is 1. The van der Waals surface area contributed by atoms with Crippen molar-refractivity contribution in [2.45, 2.75) is 146 Å². The number of aliphatic hydroxyl groups excluding tert-OH is 1. The number of primary amides is 1. The molecular weight excluding hydrogens is 1160 g/mol. The lowest BCUT2D eigenvalue weighted by atomic mass is 10.0. The van der Waals surface area contributed by atoms with Gasteiger partial charge in [-0.15, -0.1) is 0 Å². The number of carbonyl (C=O) groups is 13. The highest BCUT2D eigenvalue weighted by atomic mass is 33.1. The number of nitrogens with two attached hydrogens (primary N) is 4. The molecule has 20 N–H and O–H groups in total. The molecule has 0 aromatic carbocycles. The Kier molecular flexibility index (Phi) is 29.8. The summed E-state index contributed by atoms with van der Waals surface area (Å²) in [6.45, 7) is 6.62. The molecule has 0 aliphatic carbocycles. The van der Waals surface area contributed by atoms with Gasteiger partial charge >= 0.3 is 5.97 Å². The molecule has 0 aromatic rings. The van der Waals surface area contributed by atoms with Crippen LogP contribution >= 0.6 is 43.2 Å². The van der Waals surface area contributed by atoms with E-state index in [-0.39, 0.29) is 74.5 Å². The Bertz CT molecular complexity index is 2350. The minimum atomic E-state index is -1.78. The third-order valence-electron chi connectivity index (χ3n) is 12.5. The quantitative estimate of drug-likeness (QED) is 0.0333. The molecule has 0 radical (unpaired) electrons. The van der Waals surface area contributed by atoms with Gasteiger partial charge in [0.1, 0.15) is 66.5 Å². The van der Waals surface area contributed by atoms with E-state index < -0.39 is 174 Å². The van der Waals surface area contributed by atoms with E-state index in [9.17, 15) is 72.5 Å². The molecule has 11 atom stereocenters. The van der Waals surface area contributed by atoms with Gasteiger partial charge in [-0.2, -0.15) is 0 Å². The van der Waals surface area contributed by atoms with Gasteiger partial charge in [0.25, 0.3) is 0 Å². The van der Waals surface area contributed by atoms with Crippen LogP contribution in [0, 0.1) is 11.8 Å². The Morgan fingerprint density at radius 1 is 0.634 bits per heavy atom. The predicted octanol–water partition coefficient (Wildman–Crippen LogP) is -6.31. The Labute approximate surface area is 489 Å². The normalized spacial score (nSPS) is 27.9. The monoisotopic (exact) mass is 1230 g/mol. The van der Waals surface area contributed by atoms with Crippen molar-refractivity contribution in [2.24, 2.45) is 39.8 Å². The second kappa shape index (κ2) is 35.0. The van der Waals surface area contributed by atoms with Crippen molar-refractivity contribution in [2.75, 3.05) is 49.3 Å². The van der Waals surface area contributed by atoms with Gasteiger partial charge < -0.3 is 91.2 Å². The standard InChI is InChI=1S/C47H78N16O15S4/c1-21(2)12-25-38(69)57-26(14-34(49)65)39(70)62-32(46(77)78)20-82-81-19-31-43(74)59-28(16-64)40(71)58-27(13-22(3)4)45(76)63-11-7-9-33(63)44(75)55-24(8-6-10-52-47(50)51)37(68)60-30(41(72)53-23(5)36(67)56-25)18-80-79-17-29(42(73)61-31)54-35(66)15-48/h21-33,64H,6-20,48H2,1-5H3,(H2,49,65)(H,53,72)(H,54,66)(H,55,75)(H,56,67)(H,57,69)(H,58,71)(H,59,74)(H,60,68)(H,61,73)(H,62,70)(H,77,78)(H4,50,51,52)/t23-,24-,25-,26-,27-,28-,29-,30-,31-,32-,33-/m0/s1. The summed E-state index contributed by atoms with van der Waals surface area (Å²) in [7, 11) is 3.40. The van der Waals surface area contributed by atoms with E-state index in [1.807, 2.05) is 0 Å². The molecule has 0 unspecified atom stereocenters. The van der Waals surface area contributed by atoms with Crippen LogP contribution in [-0.4, -0.2) is 214 Å². The first-order valence-corrected chi connectivity index (χ1v) is 31.3. The molecule has 0 aromatic heterocycles. The van der Waals surface area contributed by atoms with Gasteiger partial charge in [0.2, 0.25) is 70.9 Å². The molecule has 3 rings (SSSR count). The van der Waals surface area contributed by atoms with Gasteiger partial charge in [0.15, 0.2) is 5.96 Å². The van der Waals surface area contributed by atoms with E-state index in [0.717, 1.165) is 43.2 Å². The van der Waals surface area contributed by atoms with Crippen LogP contribution in [0.5, 0.6) is 0 Å². The predicted molar refractivity (Wildman–Crippen MR) is 306 cm³/mol. The zero-order valence-corrected chi connectivity index (χ0v) is 49.4. The van der Waals surface area contributed by atoms with Crippen LogP contribution in [0.1, 0.15) is 79.6 Å². The van der Waals surface area contributed by atoms with Gasteiger partial charge in [-0.1, -0.05) is 70.9 Å². The van der Waals surface area contributed by atoms with Crippen molar-refractivity contribution in [1.29, 1.82) is 0 Å². The van der Waals surface area contributed by atoms with Crippen molar-refractivity contribution in [3.63, 3.8) is 0 Å². The molecule has 35 heteroatoms. The van der Waals surface area contributed by atoms with E-state index in [0.29, 0.717) is 6.42 Å². The second-order valence-electron chi connectivity index (χ2n) is 20.3. The minimum Gasteiger partial charge on any atom is -0.480 e. The van der Waals surface area contributed by atoms with Crippen molar-refractivity contribution in [1.82, 2.24) is 58.1 Å². The summed E-state index contributed by atoms with van der Waals surface area (Å²) in [6, 6.07) is -16.8. The van der Waals surface area contributed by atoms with E-state index >= 15 is 0 Å². The Morgan fingerprint density at radius 2 is 1.15 bits per heavy atom. The highest BCUT2D eigenvalue weighted by molar-refractivity contribution is 8.77. The van der Waals surface area contributed by atoms with E-state index in [1.54, 1.807) is 27.7 Å². The van der Waals surface area contributed by atoms with Crippen LogP contribution in [-0.2, 0) is 62.3 Å². The first-order chi connectivity index (χ1) is 38.6. The molecular formula is C47H78N16O15S4. The van der Waals surface area contributed by atoms with Crippen LogP contribution in [0.3, 0.4) is 0 Å². The van der Waals surface area contributed by atoms with E-state index in [1.165, 1.54) is 11.8 Å². The van der Waals surface area contributed by atoms with Crippen molar-refractivity contribution in [3.05, 3.63) is 0 Å². The molecule has 460 valence electrons. The summed E-state index contributed by atoms with van der Waals surface area (Å²) < 4.78 is 0. The lowest BCUT2D eigenvalue weighted by Gasteiger charge is -2.31. The number of carbonyl (C=O) groups excluding carboxylic acids is 12. The number of nitrogens with one attached hydrogen (secondary N) is 10.